The molecule has 0 aliphatic heterocycles. The van der Waals surface area contributed by atoms with Crippen molar-refractivity contribution in [3.05, 3.63) is 182 Å². The SMILES string of the molecule is c1ccc(-c2nc(-c3ccc(-n4c5ccc6c7ccccc7oc6c5c5ccc6c7ccccc7n(-c7ccccc7)c6c54)cc3)nc3ccccc23)cc1. The van der Waals surface area contributed by atoms with Gasteiger partial charge in [0.05, 0.1) is 38.7 Å². The fourth-order valence-electron chi connectivity index (χ4n) is 8.71. The first-order chi connectivity index (χ1) is 27.3. The molecule has 12 rings (SSSR count). The van der Waals surface area contributed by atoms with Crippen LogP contribution >= 0.6 is 0 Å². The lowest BCUT2D eigenvalue weighted by atomic mass is 10.1. The first-order valence-corrected chi connectivity index (χ1v) is 18.6. The molecular weight excluding hydrogens is 673 g/mol. The van der Waals surface area contributed by atoms with Gasteiger partial charge in [-0.1, -0.05) is 115 Å². The molecule has 12 aromatic rings. The van der Waals surface area contributed by atoms with E-state index in [4.69, 9.17) is 14.4 Å². The quantitative estimate of drug-likeness (QED) is 0.183. The summed E-state index contributed by atoms with van der Waals surface area (Å²) in [6.45, 7) is 0. The summed E-state index contributed by atoms with van der Waals surface area (Å²) in [7, 11) is 0. The lowest BCUT2D eigenvalue weighted by Gasteiger charge is -2.13. The zero-order valence-electron chi connectivity index (χ0n) is 29.5. The molecule has 0 fully saturated rings. The number of para-hydroxylation sites is 4. The van der Waals surface area contributed by atoms with Gasteiger partial charge >= 0.3 is 0 Å². The van der Waals surface area contributed by atoms with Crippen LogP contribution < -0.4 is 0 Å². The van der Waals surface area contributed by atoms with Crippen molar-refractivity contribution in [3.63, 3.8) is 0 Å². The Morgan fingerprint density at radius 3 is 1.84 bits per heavy atom. The van der Waals surface area contributed by atoms with Gasteiger partial charge in [-0.15, -0.1) is 0 Å². The molecule has 0 bridgehead atoms. The number of hydrogen-bond donors (Lipinski definition) is 0. The highest BCUT2D eigenvalue weighted by Gasteiger charge is 2.24. The maximum Gasteiger partial charge on any atom is 0.160 e. The van der Waals surface area contributed by atoms with Crippen LogP contribution in [0.1, 0.15) is 0 Å². The number of aromatic nitrogens is 4. The maximum atomic E-state index is 6.73. The average Bonchev–Trinajstić information content (AvgIpc) is 3.92. The van der Waals surface area contributed by atoms with E-state index in [0.29, 0.717) is 5.82 Å². The molecular formula is C50H30N4O. The summed E-state index contributed by atoms with van der Waals surface area (Å²) in [5.74, 6) is 0.696. The smallest absolute Gasteiger partial charge is 0.160 e. The van der Waals surface area contributed by atoms with E-state index in [-0.39, 0.29) is 0 Å². The Hall–Kier alpha value is -7.50. The fourth-order valence-corrected chi connectivity index (χ4v) is 8.71. The van der Waals surface area contributed by atoms with Crippen LogP contribution in [0.4, 0.5) is 0 Å². The van der Waals surface area contributed by atoms with E-state index in [1.807, 2.05) is 24.3 Å². The first-order valence-electron chi connectivity index (χ1n) is 18.6. The molecule has 0 atom stereocenters. The Labute approximate surface area is 315 Å². The molecule has 5 nitrogen and oxygen atoms in total. The van der Waals surface area contributed by atoms with Crippen molar-refractivity contribution in [1.29, 1.82) is 0 Å². The van der Waals surface area contributed by atoms with E-state index in [2.05, 4.69) is 167 Å². The zero-order valence-corrected chi connectivity index (χ0v) is 29.5. The minimum absolute atomic E-state index is 0.696. The highest BCUT2D eigenvalue weighted by atomic mass is 16.3. The Morgan fingerprint density at radius 2 is 1.00 bits per heavy atom. The van der Waals surface area contributed by atoms with Crippen LogP contribution in [0.25, 0.3) is 110 Å². The van der Waals surface area contributed by atoms with E-state index in [1.165, 1.54) is 16.3 Å². The van der Waals surface area contributed by atoms with Crippen molar-refractivity contribution in [3.8, 4) is 34.0 Å². The predicted molar refractivity (Wildman–Crippen MR) is 226 cm³/mol. The van der Waals surface area contributed by atoms with Crippen LogP contribution in [0.15, 0.2) is 186 Å². The van der Waals surface area contributed by atoms with Crippen molar-refractivity contribution in [2.75, 3.05) is 0 Å². The molecule has 0 aliphatic rings. The van der Waals surface area contributed by atoms with E-state index >= 15 is 0 Å². The van der Waals surface area contributed by atoms with Gasteiger partial charge in [-0.2, -0.15) is 0 Å². The molecule has 0 spiro atoms. The Morgan fingerprint density at radius 1 is 0.382 bits per heavy atom. The lowest BCUT2D eigenvalue weighted by molar-refractivity contribution is 0.673. The summed E-state index contributed by atoms with van der Waals surface area (Å²) >= 11 is 0. The summed E-state index contributed by atoms with van der Waals surface area (Å²) in [5.41, 5.74) is 12.3. The minimum Gasteiger partial charge on any atom is -0.455 e. The molecule has 0 N–H and O–H groups in total. The van der Waals surface area contributed by atoms with Gasteiger partial charge in [-0.3, -0.25) is 0 Å². The maximum absolute atomic E-state index is 6.73. The fraction of sp³-hybridized carbons (Fsp3) is 0. The second-order valence-corrected chi connectivity index (χ2v) is 14.1. The molecule has 5 heteroatoms. The number of rotatable bonds is 4. The van der Waals surface area contributed by atoms with Crippen LogP contribution in [-0.2, 0) is 0 Å². The number of nitrogens with zero attached hydrogens (tertiary/aromatic N) is 4. The monoisotopic (exact) mass is 702 g/mol. The largest absolute Gasteiger partial charge is 0.455 e. The Kier molecular flexibility index (Phi) is 6.27. The highest BCUT2D eigenvalue weighted by molar-refractivity contribution is 6.29. The topological polar surface area (TPSA) is 48.8 Å². The number of benzene rings is 8. The number of furan rings is 1. The molecule has 55 heavy (non-hydrogen) atoms. The molecule has 4 aromatic heterocycles. The van der Waals surface area contributed by atoms with Gasteiger partial charge < -0.3 is 13.6 Å². The van der Waals surface area contributed by atoms with Crippen LogP contribution in [0, 0.1) is 0 Å². The van der Waals surface area contributed by atoms with Gasteiger partial charge in [0.1, 0.15) is 11.2 Å². The van der Waals surface area contributed by atoms with Crippen molar-refractivity contribution >= 4 is 76.5 Å². The van der Waals surface area contributed by atoms with Crippen LogP contribution in [-0.4, -0.2) is 19.1 Å². The second-order valence-electron chi connectivity index (χ2n) is 14.1. The molecule has 8 aromatic carbocycles. The van der Waals surface area contributed by atoms with E-state index < -0.39 is 0 Å². The van der Waals surface area contributed by atoms with E-state index in [0.717, 1.165) is 88.4 Å². The third-order valence-corrected chi connectivity index (χ3v) is 11.1. The van der Waals surface area contributed by atoms with Gasteiger partial charge in [0, 0.05) is 54.8 Å². The summed E-state index contributed by atoms with van der Waals surface area (Å²) in [6.07, 6.45) is 0. The highest BCUT2D eigenvalue weighted by Crippen LogP contribution is 2.45. The van der Waals surface area contributed by atoms with Crippen LogP contribution in [0.2, 0.25) is 0 Å². The van der Waals surface area contributed by atoms with E-state index in [1.54, 1.807) is 0 Å². The first kappa shape index (κ1) is 30.0. The normalized spacial score (nSPS) is 12.0. The minimum atomic E-state index is 0.696. The molecule has 4 heterocycles. The van der Waals surface area contributed by atoms with Crippen molar-refractivity contribution in [1.82, 2.24) is 19.1 Å². The molecule has 0 aliphatic carbocycles. The summed E-state index contributed by atoms with van der Waals surface area (Å²) in [6, 6.07) is 64.1. The summed E-state index contributed by atoms with van der Waals surface area (Å²) in [4.78, 5) is 10.2. The Bertz CT molecular complexity index is 3470. The summed E-state index contributed by atoms with van der Waals surface area (Å²) in [5, 5.41) is 7.93. The van der Waals surface area contributed by atoms with Crippen molar-refractivity contribution in [2.45, 2.75) is 0 Å². The predicted octanol–water partition coefficient (Wildman–Crippen LogP) is 13.1. The van der Waals surface area contributed by atoms with Crippen molar-refractivity contribution in [2.24, 2.45) is 0 Å². The molecule has 0 radical (unpaired) electrons. The Balaban J connectivity index is 1.17. The summed E-state index contributed by atoms with van der Waals surface area (Å²) < 4.78 is 11.6. The molecule has 0 saturated carbocycles. The third kappa shape index (κ3) is 4.35. The second kappa shape index (κ2) is 11.5. The number of fused-ring (bicyclic) bond motifs is 12. The zero-order chi connectivity index (χ0) is 36.0. The van der Waals surface area contributed by atoms with E-state index in [9.17, 15) is 0 Å². The third-order valence-electron chi connectivity index (χ3n) is 11.1. The van der Waals surface area contributed by atoms with Gasteiger partial charge in [0.25, 0.3) is 0 Å². The van der Waals surface area contributed by atoms with Gasteiger partial charge in [-0.25, -0.2) is 9.97 Å². The van der Waals surface area contributed by atoms with Crippen LogP contribution in [0.3, 0.4) is 0 Å². The lowest BCUT2D eigenvalue weighted by Crippen LogP contribution is -1.99. The molecule has 0 saturated heterocycles. The van der Waals surface area contributed by atoms with Gasteiger partial charge in [0.15, 0.2) is 5.82 Å². The molecule has 256 valence electrons. The molecule has 0 amide bonds. The molecule has 0 unspecified atom stereocenters. The van der Waals surface area contributed by atoms with Gasteiger partial charge in [0.2, 0.25) is 0 Å². The van der Waals surface area contributed by atoms with Crippen molar-refractivity contribution < 1.29 is 4.42 Å². The number of hydrogen-bond acceptors (Lipinski definition) is 3. The standard InChI is InChI=1S/C50H30N4O/c1-3-13-31(14-4-1)46-39-19-7-10-20-41(39)51-50(52-46)32-23-25-34(26-24-32)54-43-30-29-38-36-18-9-12-22-44(36)55-49(38)45(43)40-28-27-37-35-17-8-11-21-42(35)53(47(37)48(40)54)33-15-5-2-6-16-33/h1-30H. The average molecular weight is 703 g/mol. The van der Waals surface area contributed by atoms with Gasteiger partial charge in [-0.05, 0) is 66.7 Å². The van der Waals surface area contributed by atoms with Crippen LogP contribution in [0.5, 0.6) is 0 Å².